The van der Waals surface area contributed by atoms with Gasteiger partial charge >= 0.3 is 0 Å². The van der Waals surface area contributed by atoms with Gasteiger partial charge < -0.3 is 31.0 Å². The Hall–Kier alpha value is -3.90. The van der Waals surface area contributed by atoms with Crippen LogP contribution in [0.4, 0.5) is 11.4 Å². The number of ether oxygens (including phenoxy) is 1. The van der Waals surface area contributed by atoms with Crippen molar-refractivity contribution >= 4 is 46.0 Å². The van der Waals surface area contributed by atoms with Gasteiger partial charge in [-0.05, 0) is 43.5 Å². The Kier molecular flexibility index (Phi) is 5.46. The second kappa shape index (κ2) is 8.47. The van der Waals surface area contributed by atoms with Crippen LogP contribution in [0.25, 0.3) is 10.9 Å². The van der Waals surface area contributed by atoms with Gasteiger partial charge in [0.15, 0.2) is 12.4 Å². The maximum Gasteiger partial charge on any atom is 0.263 e. The number of pyridine rings is 1. The summed E-state index contributed by atoms with van der Waals surface area (Å²) in [6, 6.07) is 8.29. The van der Waals surface area contributed by atoms with Crippen LogP contribution < -0.4 is 26.4 Å². The predicted octanol–water partition coefficient (Wildman–Crippen LogP) is 2.43. The molecule has 1 saturated carbocycles. The Balaban J connectivity index is 1.50. The van der Waals surface area contributed by atoms with Crippen molar-refractivity contribution in [2.45, 2.75) is 30.2 Å². The highest BCUT2D eigenvalue weighted by Gasteiger charge is 2.31. The van der Waals surface area contributed by atoms with Crippen molar-refractivity contribution < 1.29 is 25.0 Å². The lowest BCUT2D eigenvalue weighted by Gasteiger charge is -2.27. The molecule has 2 aromatic carbocycles. The number of amides is 1. The van der Waals surface area contributed by atoms with E-state index in [2.05, 4.69) is 14.7 Å². The molecule has 0 atom stereocenters. The molecule has 34 heavy (non-hydrogen) atoms. The average molecular weight is 484 g/mol. The monoisotopic (exact) mass is 483 g/mol. The molecule has 176 valence electrons. The molecule has 1 aliphatic heterocycles. The number of rotatable bonds is 6. The zero-order valence-corrected chi connectivity index (χ0v) is 18.6. The molecule has 0 bridgehead atoms. The number of H-pyrrole nitrogens is 1. The molecule has 12 heteroatoms. The highest BCUT2D eigenvalue weighted by molar-refractivity contribution is 7.98. The number of phenols is 1. The molecular weight excluding hydrogens is 462 g/mol. The van der Waals surface area contributed by atoms with Gasteiger partial charge in [0, 0.05) is 35.1 Å². The van der Waals surface area contributed by atoms with Gasteiger partial charge in [-0.15, -0.1) is 0 Å². The number of aromatic amines is 1. The van der Waals surface area contributed by atoms with Gasteiger partial charge in [0.25, 0.3) is 11.5 Å². The van der Waals surface area contributed by atoms with Crippen LogP contribution in [0, 0.1) is 0 Å². The van der Waals surface area contributed by atoms with E-state index in [0.29, 0.717) is 26.9 Å². The largest absolute Gasteiger partial charge is 0.506 e. The molecule has 1 aliphatic carbocycles. The third kappa shape index (κ3) is 3.86. The number of nitrogens with two attached hydrogens (primary N) is 1. The van der Waals surface area contributed by atoms with Crippen molar-refractivity contribution in [3.63, 3.8) is 0 Å². The number of nitrogens with zero attached hydrogens (tertiary/aromatic N) is 2. The van der Waals surface area contributed by atoms with Gasteiger partial charge in [0.2, 0.25) is 0 Å². The second-order valence-corrected chi connectivity index (χ2v) is 8.88. The molecule has 7 N–H and O–H groups in total. The SMILES string of the molecule is NC(=O)COc1cc(O)c2c(c1)SN=C(c1c(O)c3ccc(NC4CCC4)cc3[nH]c1=O)N2O. The summed E-state index contributed by atoms with van der Waals surface area (Å²) in [4.78, 5) is 26.9. The number of nitrogens with one attached hydrogen (secondary N) is 2. The fourth-order valence-corrected chi connectivity index (χ4v) is 4.64. The Morgan fingerprint density at radius 2 is 2.09 bits per heavy atom. The molecule has 5 rings (SSSR count). The molecule has 1 amide bonds. The van der Waals surface area contributed by atoms with Crippen LogP contribution in [-0.2, 0) is 4.79 Å². The lowest BCUT2D eigenvalue weighted by atomic mass is 9.93. The Labute approximate surface area is 197 Å². The summed E-state index contributed by atoms with van der Waals surface area (Å²) in [6.07, 6.45) is 3.37. The fourth-order valence-electron chi connectivity index (χ4n) is 3.84. The molecule has 0 spiro atoms. The van der Waals surface area contributed by atoms with Gasteiger partial charge in [0.1, 0.15) is 28.5 Å². The summed E-state index contributed by atoms with van der Waals surface area (Å²) in [5.74, 6) is -1.53. The van der Waals surface area contributed by atoms with Gasteiger partial charge in [-0.1, -0.05) is 0 Å². The molecule has 3 aromatic rings. The first-order chi connectivity index (χ1) is 16.3. The number of benzene rings is 2. The minimum atomic E-state index is -0.689. The third-order valence-corrected chi connectivity index (χ3v) is 6.51. The lowest BCUT2D eigenvalue weighted by Crippen LogP contribution is -2.34. The quantitative estimate of drug-likeness (QED) is 0.288. The smallest absolute Gasteiger partial charge is 0.263 e. The first kappa shape index (κ1) is 21.9. The predicted molar refractivity (Wildman–Crippen MR) is 127 cm³/mol. The van der Waals surface area contributed by atoms with Crippen molar-refractivity contribution in [1.29, 1.82) is 0 Å². The van der Waals surface area contributed by atoms with E-state index in [0.717, 1.165) is 30.5 Å². The number of amidine groups is 1. The number of hydroxylamine groups is 1. The molecule has 0 radical (unpaired) electrons. The van der Waals surface area contributed by atoms with Crippen molar-refractivity contribution in [3.05, 3.63) is 46.2 Å². The Morgan fingerprint density at radius 1 is 1.29 bits per heavy atom. The van der Waals surface area contributed by atoms with Crippen molar-refractivity contribution in [2.75, 3.05) is 17.0 Å². The van der Waals surface area contributed by atoms with E-state index in [4.69, 9.17) is 10.5 Å². The normalized spacial score (nSPS) is 15.4. The zero-order valence-electron chi connectivity index (χ0n) is 17.7. The molecular formula is C22H21N5O6S. The van der Waals surface area contributed by atoms with Crippen LogP contribution in [0.1, 0.15) is 24.8 Å². The van der Waals surface area contributed by atoms with Crippen LogP contribution in [0.2, 0.25) is 0 Å². The lowest BCUT2D eigenvalue weighted by molar-refractivity contribution is -0.119. The van der Waals surface area contributed by atoms with Crippen LogP contribution >= 0.6 is 11.9 Å². The maximum absolute atomic E-state index is 12.9. The number of anilines is 2. The number of hydrogen-bond acceptors (Lipinski definition) is 10. The summed E-state index contributed by atoms with van der Waals surface area (Å²) in [7, 11) is 0. The van der Waals surface area contributed by atoms with Crippen LogP contribution in [-0.4, -0.2) is 44.8 Å². The van der Waals surface area contributed by atoms with E-state index in [9.17, 15) is 25.0 Å². The number of aromatic hydroxyl groups is 2. The topological polar surface area (TPSA) is 174 Å². The van der Waals surface area contributed by atoms with E-state index >= 15 is 0 Å². The standard InChI is InChI=1S/C22H21N5O6S/c23-17(29)9-33-12-7-15(28)19-16(8-12)34-26-21(27(19)32)18-20(30)13-5-4-11(24-10-2-1-3-10)6-14(13)25-22(18)31/h4-8,10,24,28,32H,1-3,9H2,(H2,23,29)(H2,25,30,31). The molecule has 1 aromatic heterocycles. The Morgan fingerprint density at radius 3 is 2.79 bits per heavy atom. The van der Waals surface area contributed by atoms with Gasteiger partial charge in [0.05, 0.1) is 10.4 Å². The molecule has 0 saturated heterocycles. The first-order valence-electron chi connectivity index (χ1n) is 10.5. The summed E-state index contributed by atoms with van der Waals surface area (Å²) in [6.45, 7) is -0.390. The van der Waals surface area contributed by atoms with E-state index in [1.54, 1.807) is 12.1 Å². The van der Waals surface area contributed by atoms with Gasteiger partial charge in [-0.3, -0.25) is 14.8 Å². The van der Waals surface area contributed by atoms with E-state index < -0.39 is 18.1 Å². The van der Waals surface area contributed by atoms with Crippen molar-refractivity contribution in [3.8, 4) is 17.2 Å². The second-order valence-electron chi connectivity index (χ2n) is 8.07. The van der Waals surface area contributed by atoms with Crippen LogP contribution in [0.15, 0.2) is 44.4 Å². The molecule has 2 aliphatic rings. The van der Waals surface area contributed by atoms with Crippen LogP contribution in [0.5, 0.6) is 17.2 Å². The Bertz CT molecular complexity index is 1400. The van der Waals surface area contributed by atoms with Crippen LogP contribution in [0.3, 0.4) is 0 Å². The third-order valence-electron chi connectivity index (χ3n) is 5.74. The first-order valence-corrected chi connectivity index (χ1v) is 11.3. The molecule has 1 fully saturated rings. The number of carbonyl (C=O) groups excluding carboxylic acids is 1. The van der Waals surface area contributed by atoms with Gasteiger partial charge in [-0.2, -0.15) is 9.46 Å². The van der Waals surface area contributed by atoms with Crippen molar-refractivity contribution in [1.82, 2.24) is 4.98 Å². The number of primary amides is 1. The summed E-state index contributed by atoms with van der Waals surface area (Å²) in [5.41, 5.74) is 5.37. The average Bonchev–Trinajstić information content (AvgIpc) is 2.76. The fraction of sp³-hybridized carbons (Fsp3) is 0.227. The summed E-state index contributed by atoms with van der Waals surface area (Å²) < 4.78 is 9.36. The van der Waals surface area contributed by atoms with Crippen molar-refractivity contribution in [2.24, 2.45) is 10.1 Å². The number of hydrogen-bond donors (Lipinski definition) is 6. The van der Waals surface area contributed by atoms with E-state index in [1.807, 2.05) is 6.07 Å². The zero-order chi connectivity index (χ0) is 24.0. The highest BCUT2D eigenvalue weighted by atomic mass is 32.2. The minimum Gasteiger partial charge on any atom is -0.506 e. The number of aromatic nitrogens is 1. The van der Waals surface area contributed by atoms with Gasteiger partial charge in [-0.25, -0.2) is 0 Å². The van der Waals surface area contributed by atoms with E-state index in [-0.39, 0.29) is 34.3 Å². The molecule has 0 unspecified atom stereocenters. The highest BCUT2D eigenvalue weighted by Crippen LogP contribution is 2.45. The molecule has 11 nitrogen and oxygen atoms in total. The number of fused-ring (bicyclic) bond motifs is 2. The maximum atomic E-state index is 12.9. The minimum absolute atomic E-state index is 0.0552. The molecule has 2 heterocycles. The number of carbonyl (C=O) groups is 1. The van der Waals surface area contributed by atoms with E-state index in [1.165, 1.54) is 18.6 Å². The number of phenolic OH excluding ortho intramolecular Hbond substituents is 1. The summed E-state index contributed by atoms with van der Waals surface area (Å²) >= 11 is 0.855. The summed E-state index contributed by atoms with van der Waals surface area (Å²) in [5, 5.41) is 36.5.